The van der Waals surface area contributed by atoms with E-state index in [1.807, 2.05) is 0 Å². The molecule has 1 atom stereocenters. The van der Waals surface area contributed by atoms with E-state index >= 15 is 0 Å². The summed E-state index contributed by atoms with van der Waals surface area (Å²) in [5.41, 5.74) is 8.69. The molecule has 0 aliphatic rings. The molecule has 0 saturated carbocycles. The van der Waals surface area contributed by atoms with Crippen molar-refractivity contribution in [3.8, 4) is 0 Å². The van der Waals surface area contributed by atoms with Gasteiger partial charge in [0.25, 0.3) is 0 Å². The van der Waals surface area contributed by atoms with E-state index in [1.54, 1.807) is 0 Å². The van der Waals surface area contributed by atoms with Crippen molar-refractivity contribution in [2.24, 2.45) is 11.7 Å². The zero-order valence-corrected chi connectivity index (χ0v) is 12.5. The van der Waals surface area contributed by atoms with E-state index in [-0.39, 0.29) is 5.54 Å². The minimum atomic E-state index is 0.0384. The molecule has 2 N–H and O–H groups in total. The van der Waals surface area contributed by atoms with Crippen LogP contribution >= 0.6 is 0 Å². The fraction of sp³-hybridized carbons (Fsp3) is 0.625. The van der Waals surface area contributed by atoms with Gasteiger partial charge in [0.15, 0.2) is 0 Å². The quantitative estimate of drug-likeness (QED) is 0.833. The second-order valence-corrected chi connectivity index (χ2v) is 5.88. The Morgan fingerprint density at radius 1 is 1.33 bits per heavy atom. The highest BCUT2D eigenvalue weighted by atomic mass is 15.2. The van der Waals surface area contributed by atoms with Crippen molar-refractivity contribution >= 4 is 5.69 Å². The summed E-state index contributed by atoms with van der Waals surface area (Å²) in [7, 11) is 0. The number of likely N-dealkylation sites (N-methyl/N-ethyl adjacent to an activating group) is 1. The number of hydrogen-bond acceptors (Lipinski definition) is 2. The van der Waals surface area contributed by atoms with E-state index in [0.29, 0.717) is 12.5 Å². The summed E-state index contributed by atoms with van der Waals surface area (Å²) >= 11 is 0. The van der Waals surface area contributed by atoms with E-state index in [0.717, 1.165) is 13.0 Å². The van der Waals surface area contributed by atoms with Gasteiger partial charge in [-0.15, -0.1) is 0 Å². The molecule has 0 radical (unpaired) electrons. The molecule has 0 spiro atoms. The van der Waals surface area contributed by atoms with Gasteiger partial charge in [-0.1, -0.05) is 26.0 Å². The Bertz CT molecular complexity index is 373. The molecule has 0 aliphatic heterocycles. The van der Waals surface area contributed by atoms with Crippen LogP contribution in [0, 0.1) is 12.8 Å². The lowest BCUT2D eigenvalue weighted by Crippen LogP contribution is -2.52. The van der Waals surface area contributed by atoms with Crippen LogP contribution in [0.15, 0.2) is 24.3 Å². The SMILES string of the molecule is CCN(c1cccc(C)c1)C(C)(CN)CC(C)C. The molecule has 2 nitrogen and oxygen atoms in total. The summed E-state index contributed by atoms with van der Waals surface area (Å²) in [6.07, 6.45) is 1.12. The van der Waals surface area contributed by atoms with Gasteiger partial charge < -0.3 is 10.6 Å². The van der Waals surface area contributed by atoms with E-state index in [1.165, 1.54) is 11.3 Å². The first-order valence-corrected chi connectivity index (χ1v) is 6.97. The largest absolute Gasteiger partial charge is 0.365 e. The van der Waals surface area contributed by atoms with Gasteiger partial charge in [-0.3, -0.25) is 0 Å². The van der Waals surface area contributed by atoms with Crippen LogP contribution in [0.5, 0.6) is 0 Å². The molecule has 1 aromatic carbocycles. The fourth-order valence-corrected chi connectivity index (χ4v) is 2.86. The predicted octanol–water partition coefficient (Wildman–Crippen LogP) is 3.58. The Labute approximate surface area is 112 Å². The molecule has 0 aromatic heterocycles. The Morgan fingerprint density at radius 2 is 2.00 bits per heavy atom. The first-order valence-electron chi connectivity index (χ1n) is 6.97. The molecule has 102 valence electrons. The summed E-state index contributed by atoms with van der Waals surface area (Å²) in [5, 5.41) is 0. The normalized spacial score (nSPS) is 14.6. The molecule has 18 heavy (non-hydrogen) atoms. The number of nitrogens with zero attached hydrogens (tertiary/aromatic N) is 1. The van der Waals surface area contributed by atoms with Crippen molar-refractivity contribution in [3.05, 3.63) is 29.8 Å². The lowest BCUT2D eigenvalue weighted by molar-refractivity contribution is 0.351. The number of aryl methyl sites for hydroxylation is 1. The Morgan fingerprint density at radius 3 is 2.44 bits per heavy atom. The average molecular weight is 248 g/mol. The van der Waals surface area contributed by atoms with Gasteiger partial charge in [0.1, 0.15) is 0 Å². The van der Waals surface area contributed by atoms with Gasteiger partial charge in [0, 0.05) is 24.3 Å². The molecule has 0 saturated heterocycles. The van der Waals surface area contributed by atoms with Crippen molar-refractivity contribution in [2.75, 3.05) is 18.0 Å². The Kier molecular flexibility index (Phi) is 5.21. The van der Waals surface area contributed by atoms with Crippen LogP contribution in [-0.2, 0) is 0 Å². The van der Waals surface area contributed by atoms with Gasteiger partial charge in [0.2, 0.25) is 0 Å². The standard InChI is InChI=1S/C16H28N2/c1-6-18(15-9-7-8-14(4)10-15)16(5,12-17)11-13(2)3/h7-10,13H,6,11-12,17H2,1-5H3. The van der Waals surface area contributed by atoms with E-state index in [9.17, 15) is 0 Å². The van der Waals surface area contributed by atoms with Crippen LogP contribution in [0.4, 0.5) is 5.69 Å². The third-order valence-corrected chi connectivity index (χ3v) is 3.57. The number of benzene rings is 1. The molecule has 0 fully saturated rings. The highest BCUT2D eigenvalue weighted by molar-refractivity contribution is 5.51. The lowest BCUT2D eigenvalue weighted by Gasteiger charge is -2.43. The zero-order chi connectivity index (χ0) is 13.8. The summed E-state index contributed by atoms with van der Waals surface area (Å²) < 4.78 is 0. The molecule has 0 aliphatic carbocycles. The second-order valence-electron chi connectivity index (χ2n) is 5.88. The number of nitrogens with two attached hydrogens (primary N) is 1. The first-order chi connectivity index (χ1) is 8.42. The molecule has 2 heteroatoms. The van der Waals surface area contributed by atoms with Crippen LogP contribution in [-0.4, -0.2) is 18.6 Å². The van der Waals surface area contributed by atoms with Crippen molar-refractivity contribution in [3.63, 3.8) is 0 Å². The molecule has 0 amide bonds. The third-order valence-electron chi connectivity index (χ3n) is 3.57. The Hall–Kier alpha value is -1.02. The summed E-state index contributed by atoms with van der Waals surface area (Å²) in [5.74, 6) is 0.650. The summed E-state index contributed by atoms with van der Waals surface area (Å²) in [4.78, 5) is 2.44. The van der Waals surface area contributed by atoms with Crippen molar-refractivity contribution in [2.45, 2.75) is 46.6 Å². The molecule has 1 aromatic rings. The van der Waals surface area contributed by atoms with Gasteiger partial charge in [-0.05, 0) is 50.8 Å². The van der Waals surface area contributed by atoms with E-state index in [2.05, 4.69) is 63.8 Å². The van der Waals surface area contributed by atoms with Gasteiger partial charge in [0.05, 0.1) is 0 Å². The maximum absolute atomic E-state index is 6.07. The van der Waals surface area contributed by atoms with Crippen LogP contribution in [0.25, 0.3) is 0 Å². The summed E-state index contributed by atoms with van der Waals surface area (Å²) in [6.45, 7) is 12.8. The second kappa shape index (κ2) is 6.24. The average Bonchev–Trinajstić information content (AvgIpc) is 2.29. The van der Waals surface area contributed by atoms with Crippen LogP contribution in [0.3, 0.4) is 0 Å². The van der Waals surface area contributed by atoms with Gasteiger partial charge in [-0.2, -0.15) is 0 Å². The van der Waals surface area contributed by atoms with Crippen molar-refractivity contribution in [1.29, 1.82) is 0 Å². The van der Waals surface area contributed by atoms with Crippen LogP contribution in [0.1, 0.15) is 39.7 Å². The fourth-order valence-electron chi connectivity index (χ4n) is 2.86. The molecular weight excluding hydrogens is 220 g/mol. The van der Waals surface area contributed by atoms with Crippen LogP contribution < -0.4 is 10.6 Å². The lowest BCUT2D eigenvalue weighted by atomic mass is 9.88. The minimum Gasteiger partial charge on any atom is -0.365 e. The maximum atomic E-state index is 6.07. The Balaban J connectivity index is 3.06. The number of rotatable bonds is 6. The maximum Gasteiger partial charge on any atom is 0.0498 e. The molecule has 1 rings (SSSR count). The van der Waals surface area contributed by atoms with Gasteiger partial charge in [-0.25, -0.2) is 0 Å². The zero-order valence-electron chi connectivity index (χ0n) is 12.5. The summed E-state index contributed by atoms with van der Waals surface area (Å²) in [6, 6.07) is 8.70. The van der Waals surface area contributed by atoms with Crippen molar-refractivity contribution < 1.29 is 0 Å². The highest BCUT2D eigenvalue weighted by Crippen LogP contribution is 2.29. The highest BCUT2D eigenvalue weighted by Gasteiger charge is 2.30. The third kappa shape index (κ3) is 3.49. The monoisotopic (exact) mass is 248 g/mol. The van der Waals surface area contributed by atoms with E-state index < -0.39 is 0 Å². The molecular formula is C16H28N2. The first kappa shape index (κ1) is 15.0. The smallest absolute Gasteiger partial charge is 0.0498 e. The van der Waals surface area contributed by atoms with Gasteiger partial charge >= 0.3 is 0 Å². The predicted molar refractivity (Wildman–Crippen MR) is 81.1 cm³/mol. The van der Waals surface area contributed by atoms with E-state index in [4.69, 9.17) is 5.73 Å². The topological polar surface area (TPSA) is 29.3 Å². The molecule has 0 heterocycles. The number of hydrogen-bond donors (Lipinski definition) is 1. The number of anilines is 1. The minimum absolute atomic E-state index is 0.0384. The van der Waals surface area contributed by atoms with Crippen molar-refractivity contribution in [1.82, 2.24) is 0 Å². The van der Waals surface area contributed by atoms with Crippen LogP contribution in [0.2, 0.25) is 0 Å². The molecule has 1 unspecified atom stereocenters. The molecule has 0 bridgehead atoms.